The minimum absolute atomic E-state index is 0.0476. The molecule has 0 fully saturated rings. The van der Waals surface area contributed by atoms with Gasteiger partial charge in [0, 0.05) is 29.2 Å². The van der Waals surface area contributed by atoms with E-state index in [1.54, 1.807) is 0 Å². The molecule has 27 heavy (non-hydrogen) atoms. The number of fused-ring (bicyclic) bond motifs is 1. The Hall–Kier alpha value is -2.75. The number of rotatable bonds is 10. The number of hydrogen-bond donors (Lipinski definition) is 2. The summed E-state index contributed by atoms with van der Waals surface area (Å²) in [5.74, 6) is 0.898. The van der Waals surface area contributed by atoms with Gasteiger partial charge in [0.2, 0.25) is 5.91 Å². The van der Waals surface area contributed by atoms with E-state index in [0.717, 1.165) is 42.8 Å². The van der Waals surface area contributed by atoms with Crippen molar-refractivity contribution in [1.82, 2.24) is 4.98 Å². The molecule has 3 rings (SSSR count). The van der Waals surface area contributed by atoms with Gasteiger partial charge in [0.1, 0.15) is 5.75 Å². The van der Waals surface area contributed by atoms with E-state index in [1.165, 1.54) is 23.8 Å². The van der Waals surface area contributed by atoms with E-state index in [-0.39, 0.29) is 5.91 Å². The molecule has 2 aromatic carbocycles. The average Bonchev–Trinajstić information content (AvgIpc) is 3.10. The molecular weight excluding hydrogens is 336 g/mol. The highest BCUT2D eigenvalue weighted by Crippen LogP contribution is 2.20. The van der Waals surface area contributed by atoms with Gasteiger partial charge in [-0.15, -0.1) is 0 Å². The Morgan fingerprint density at radius 3 is 2.67 bits per heavy atom. The van der Waals surface area contributed by atoms with E-state index in [1.807, 2.05) is 42.6 Å². The summed E-state index contributed by atoms with van der Waals surface area (Å²) >= 11 is 0. The van der Waals surface area contributed by atoms with E-state index < -0.39 is 0 Å². The third kappa shape index (κ3) is 5.61. The molecule has 3 aromatic rings. The molecule has 0 atom stereocenters. The Morgan fingerprint density at radius 2 is 1.85 bits per heavy atom. The summed E-state index contributed by atoms with van der Waals surface area (Å²) in [6.07, 6.45) is 7.72. The van der Waals surface area contributed by atoms with Gasteiger partial charge >= 0.3 is 0 Å². The minimum Gasteiger partial charge on any atom is -0.494 e. The molecule has 0 saturated heterocycles. The fourth-order valence-corrected chi connectivity index (χ4v) is 3.18. The summed E-state index contributed by atoms with van der Waals surface area (Å²) in [4.78, 5) is 15.5. The van der Waals surface area contributed by atoms with Crippen LogP contribution in [-0.2, 0) is 11.2 Å². The summed E-state index contributed by atoms with van der Waals surface area (Å²) in [6.45, 7) is 2.92. The number of amides is 1. The Kier molecular flexibility index (Phi) is 6.91. The van der Waals surface area contributed by atoms with Crippen LogP contribution in [0.5, 0.6) is 5.75 Å². The highest BCUT2D eigenvalue weighted by atomic mass is 16.5. The predicted octanol–water partition coefficient (Wildman–Crippen LogP) is 5.70. The number of aryl methyl sites for hydroxylation is 1. The van der Waals surface area contributed by atoms with Crippen LogP contribution in [0.25, 0.3) is 10.9 Å². The zero-order valence-electron chi connectivity index (χ0n) is 16.0. The van der Waals surface area contributed by atoms with Crippen LogP contribution in [0.1, 0.15) is 44.6 Å². The lowest BCUT2D eigenvalue weighted by Crippen LogP contribution is -2.11. The average molecular weight is 364 g/mol. The molecule has 1 amide bonds. The maximum absolute atomic E-state index is 12.2. The lowest BCUT2D eigenvalue weighted by molar-refractivity contribution is -0.116. The van der Waals surface area contributed by atoms with Crippen LogP contribution >= 0.6 is 0 Å². The van der Waals surface area contributed by atoms with Gasteiger partial charge in [-0.05, 0) is 55.2 Å². The molecule has 2 N–H and O–H groups in total. The number of benzene rings is 2. The molecule has 0 aliphatic carbocycles. The fraction of sp³-hybridized carbons (Fsp3) is 0.348. The van der Waals surface area contributed by atoms with Crippen molar-refractivity contribution in [3.8, 4) is 5.75 Å². The van der Waals surface area contributed by atoms with Gasteiger partial charge in [-0.25, -0.2) is 0 Å². The Labute approximate surface area is 160 Å². The van der Waals surface area contributed by atoms with E-state index in [2.05, 4.69) is 29.4 Å². The summed E-state index contributed by atoms with van der Waals surface area (Å²) in [6, 6.07) is 15.9. The second-order valence-electron chi connectivity index (χ2n) is 6.84. The normalized spacial score (nSPS) is 10.9. The molecule has 1 heterocycles. The van der Waals surface area contributed by atoms with Gasteiger partial charge in [-0.1, -0.05) is 38.0 Å². The Bertz CT molecular complexity index is 852. The zero-order chi connectivity index (χ0) is 18.9. The van der Waals surface area contributed by atoms with E-state index >= 15 is 0 Å². The maximum atomic E-state index is 12.2. The predicted molar refractivity (Wildman–Crippen MR) is 111 cm³/mol. The number of carbonyl (C=O) groups excluding carboxylic acids is 1. The van der Waals surface area contributed by atoms with Crippen LogP contribution in [0.3, 0.4) is 0 Å². The first-order chi connectivity index (χ1) is 13.3. The zero-order valence-corrected chi connectivity index (χ0v) is 16.0. The van der Waals surface area contributed by atoms with Gasteiger partial charge in [0.15, 0.2) is 0 Å². The van der Waals surface area contributed by atoms with Crippen molar-refractivity contribution in [3.05, 3.63) is 60.3 Å². The van der Waals surface area contributed by atoms with Crippen LogP contribution < -0.4 is 10.1 Å². The molecule has 4 nitrogen and oxygen atoms in total. The maximum Gasteiger partial charge on any atom is 0.224 e. The highest BCUT2D eigenvalue weighted by molar-refractivity contribution is 5.90. The first-order valence-corrected chi connectivity index (χ1v) is 9.84. The fourth-order valence-electron chi connectivity index (χ4n) is 3.18. The van der Waals surface area contributed by atoms with E-state index in [4.69, 9.17) is 4.74 Å². The van der Waals surface area contributed by atoms with Crippen LogP contribution in [0.2, 0.25) is 0 Å². The molecule has 0 aliphatic heterocycles. The van der Waals surface area contributed by atoms with Gasteiger partial charge < -0.3 is 15.0 Å². The van der Waals surface area contributed by atoms with Crippen molar-refractivity contribution in [2.24, 2.45) is 0 Å². The number of anilines is 1. The van der Waals surface area contributed by atoms with Crippen LogP contribution in [0, 0.1) is 0 Å². The van der Waals surface area contributed by atoms with E-state index in [9.17, 15) is 4.79 Å². The lowest BCUT2D eigenvalue weighted by atomic mass is 10.1. The van der Waals surface area contributed by atoms with Crippen molar-refractivity contribution in [2.45, 2.75) is 45.4 Å². The number of ether oxygens (including phenoxy) is 1. The number of carbonyl (C=O) groups is 1. The van der Waals surface area contributed by atoms with Crippen molar-refractivity contribution >= 4 is 22.5 Å². The summed E-state index contributed by atoms with van der Waals surface area (Å²) < 4.78 is 5.69. The third-order valence-electron chi connectivity index (χ3n) is 4.68. The van der Waals surface area contributed by atoms with E-state index in [0.29, 0.717) is 6.42 Å². The molecule has 4 heteroatoms. The van der Waals surface area contributed by atoms with Gasteiger partial charge in [-0.2, -0.15) is 0 Å². The van der Waals surface area contributed by atoms with Crippen molar-refractivity contribution in [1.29, 1.82) is 0 Å². The first-order valence-electron chi connectivity index (χ1n) is 9.84. The Balaban J connectivity index is 1.41. The molecule has 0 unspecified atom stereocenters. The molecule has 0 spiro atoms. The molecular formula is C23H28N2O2. The molecule has 0 aliphatic rings. The number of hydrogen-bond acceptors (Lipinski definition) is 2. The van der Waals surface area contributed by atoms with Gasteiger partial charge in [0.05, 0.1) is 6.61 Å². The van der Waals surface area contributed by atoms with Crippen LogP contribution in [0.4, 0.5) is 5.69 Å². The van der Waals surface area contributed by atoms with Gasteiger partial charge in [-0.3, -0.25) is 4.79 Å². The topological polar surface area (TPSA) is 54.1 Å². The quantitative estimate of drug-likeness (QED) is 0.454. The molecule has 1 aromatic heterocycles. The summed E-state index contributed by atoms with van der Waals surface area (Å²) in [7, 11) is 0. The smallest absolute Gasteiger partial charge is 0.224 e. The number of unbranched alkanes of at least 4 members (excludes halogenated alkanes) is 2. The number of H-pyrrole nitrogens is 1. The third-order valence-corrected chi connectivity index (χ3v) is 4.68. The molecule has 0 saturated carbocycles. The monoisotopic (exact) mass is 364 g/mol. The lowest BCUT2D eigenvalue weighted by Gasteiger charge is -2.08. The summed E-state index contributed by atoms with van der Waals surface area (Å²) in [5.41, 5.74) is 3.23. The second kappa shape index (κ2) is 9.81. The second-order valence-corrected chi connectivity index (χ2v) is 6.84. The molecule has 0 radical (unpaired) electrons. The van der Waals surface area contributed by atoms with Crippen LogP contribution in [0.15, 0.2) is 54.7 Å². The highest BCUT2D eigenvalue weighted by Gasteiger charge is 2.06. The van der Waals surface area contributed by atoms with Crippen molar-refractivity contribution in [3.63, 3.8) is 0 Å². The molecule has 142 valence electrons. The van der Waals surface area contributed by atoms with Crippen molar-refractivity contribution < 1.29 is 9.53 Å². The standard InChI is InChI=1S/C23H28N2O2/c1-2-3-6-16-27-20-14-12-19(13-15-20)25-23(26)11-7-8-18-17-24-22-10-5-4-9-21(18)22/h4-5,9-10,12-15,17,24H,2-3,6-8,11,16H2,1H3,(H,25,26). The SMILES string of the molecule is CCCCCOc1ccc(NC(=O)CCCc2c[nH]c3ccccc23)cc1. The number of para-hydroxylation sites is 1. The van der Waals surface area contributed by atoms with Gasteiger partial charge in [0.25, 0.3) is 0 Å². The minimum atomic E-state index is 0.0476. The first kappa shape index (κ1) is 19.0. The number of nitrogens with one attached hydrogen (secondary N) is 2. The molecule has 0 bridgehead atoms. The van der Waals surface area contributed by atoms with Crippen LogP contribution in [-0.4, -0.2) is 17.5 Å². The van der Waals surface area contributed by atoms with Crippen molar-refractivity contribution in [2.75, 3.05) is 11.9 Å². The number of aromatic nitrogens is 1. The Morgan fingerprint density at radius 1 is 1.04 bits per heavy atom. The largest absolute Gasteiger partial charge is 0.494 e. The number of aromatic amines is 1. The summed E-state index contributed by atoms with van der Waals surface area (Å²) in [5, 5.41) is 4.20.